The largest absolute Gasteiger partial charge is 0.390 e. The minimum absolute atomic E-state index is 0.0842. The van der Waals surface area contributed by atoms with E-state index in [0.29, 0.717) is 44.3 Å². The molecule has 2 fully saturated rings. The van der Waals surface area contributed by atoms with E-state index in [0.717, 1.165) is 25.7 Å². The third-order valence-corrected chi connectivity index (χ3v) is 8.94. The number of esters is 2. The van der Waals surface area contributed by atoms with Crippen molar-refractivity contribution in [1.82, 2.24) is 16.0 Å². The van der Waals surface area contributed by atoms with Crippen LogP contribution in [-0.4, -0.2) is 65.7 Å². The molecule has 12 nitrogen and oxygen atoms in total. The van der Waals surface area contributed by atoms with Gasteiger partial charge in [-0.05, 0) is 70.5 Å². The van der Waals surface area contributed by atoms with Crippen LogP contribution < -0.4 is 21.7 Å². The number of unbranched alkanes of at least 4 members (excludes halogenated alkanes) is 1. The van der Waals surface area contributed by atoms with E-state index in [1.165, 1.54) is 6.92 Å². The first-order chi connectivity index (χ1) is 19.1. The summed E-state index contributed by atoms with van der Waals surface area (Å²) in [6.45, 7) is 2.26. The van der Waals surface area contributed by atoms with Gasteiger partial charge in [-0.25, -0.2) is 9.59 Å². The molecule has 2 amide bonds. The molecule has 13 heteroatoms. The number of nitrogens with one attached hydrogen (secondary N) is 3. The van der Waals surface area contributed by atoms with Crippen LogP contribution in [0.5, 0.6) is 0 Å². The van der Waals surface area contributed by atoms with Crippen LogP contribution in [0.3, 0.4) is 0 Å². The van der Waals surface area contributed by atoms with Crippen molar-refractivity contribution in [3.8, 4) is 0 Å². The van der Waals surface area contributed by atoms with Crippen LogP contribution in [0.2, 0.25) is 0 Å². The zero-order valence-corrected chi connectivity index (χ0v) is 23.8. The first kappa shape index (κ1) is 31.9. The van der Waals surface area contributed by atoms with E-state index in [4.69, 9.17) is 15.0 Å². The monoisotopic (exact) mass is 580 g/mol. The quantitative estimate of drug-likeness (QED) is 0.0881. The second kappa shape index (κ2) is 15.4. The molecule has 222 valence electrons. The number of nitrogens with two attached hydrogens (primary N) is 1. The zero-order chi connectivity index (χ0) is 29.1. The molecule has 2 aliphatic rings. The predicted molar refractivity (Wildman–Crippen MR) is 147 cm³/mol. The minimum atomic E-state index is -4.71. The van der Waals surface area contributed by atoms with Gasteiger partial charge in [-0.3, -0.25) is 18.7 Å². The maximum atomic E-state index is 13.5. The highest BCUT2D eigenvalue weighted by molar-refractivity contribution is 7.53. The van der Waals surface area contributed by atoms with Crippen LogP contribution in [0.1, 0.15) is 63.9 Å². The van der Waals surface area contributed by atoms with Gasteiger partial charge < -0.3 is 31.3 Å². The van der Waals surface area contributed by atoms with Gasteiger partial charge in [0.25, 0.3) is 0 Å². The number of amides is 2. The van der Waals surface area contributed by atoms with E-state index in [2.05, 4.69) is 16.0 Å². The van der Waals surface area contributed by atoms with Gasteiger partial charge in [0, 0.05) is 12.3 Å². The number of hydrogen-bond acceptors (Lipinski definition) is 9. The Bertz CT molecular complexity index is 1060. The van der Waals surface area contributed by atoms with E-state index in [1.807, 2.05) is 0 Å². The van der Waals surface area contributed by atoms with Gasteiger partial charge in [0.05, 0.1) is 0 Å². The predicted octanol–water partition coefficient (Wildman–Crippen LogP) is 1.50. The molecule has 40 heavy (non-hydrogen) atoms. The van der Waals surface area contributed by atoms with Gasteiger partial charge in [-0.2, -0.15) is 0 Å². The van der Waals surface area contributed by atoms with Crippen molar-refractivity contribution in [1.29, 1.82) is 0 Å². The normalized spacial score (nSPS) is 20.8. The Kier molecular flexibility index (Phi) is 12.3. The molecule has 3 rings (SSSR count). The highest BCUT2D eigenvalue weighted by atomic mass is 31.2. The van der Waals surface area contributed by atoms with Crippen LogP contribution in [0.4, 0.5) is 0 Å². The fourth-order valence-corrected chi connectivity index (χ4v) is 5.97. The Morgan fingerprint density at radius 3 is 2.42 bits per heavy atom. The van der Waals surface area contributed by atoms with E-state index in [1.54, 1.807) is 30.3 Å². The SMILES string of the molecule is CC(OP(=O)(O)C(Cc1ccccc1)NC(=O)C(CCCCN)NC(=O)C1CCC1)C(=O)OC(=O)[C@@H]1CCCN1. The third kappa shape index (κ3) is 9.49. The molecule has 1 heterocycles. The van der Waals surface area contributed by atoms with Crippen LogP contribution in [0.15, 0.2) is 30.3 Å². The Labute approximate surface area is 234 Å². The molecule has 5 atom stereocenters. The summed E-state index contributed by atoms with van der Waals surface area (Å²) >= 11 is 0. The van der Waals surface area contributed by atoms with Gasteiger partial charge in [-0.15, -0.1) is 0 Å². The van der Waals surface area contributed by atoms with Crippen molar-refractivity contribution >= 4 is 31.3 Å². The Balaban J connectivity index is 1.72. The molecule has 0 spiro atoms. The van der Waals surface area contributed by atoms with E-state index in [9.17, 15) is 28.6 Å². The molecule has 0 bridgehead atoms. The molecule has 1 aromatic rings. The topological polar surface area (TPSA) is 186 Å². The summed E-state index contributed by atoms with van der Waals surface area (Å²) in [6, 6.07) is 7.17. The van der Waals surface area contributed by atoms with E-state index >= 15 is 0 Å². The van der Waals surface area contributed by atoms with Gasteiger partial charge in [0.2, 0.25) is 11.8 Å². The lowest BCUT2D eigenvalue weighted by molar-refractivity contribution is -0.165. The van der Waals surface area contributed by atoms with Crippen molar-refractivity contribution in [2.24, 2.45) is 11.7 Å². The van der Waals surface area contributed by atoms with Crippen LogP contribution in [-0.2, 0) is 39.4 Å². The first-order valence-corrected chi connectivity index (χ1v) is 15.6. The highest BCUT2D eigenvalue weighted by Gasteiger charge is 2.40. The van der Waals surface area contributed by atoms with Crippen LogP contribution in [0, 0.1) is 5.92 Å². The summed E-state index contributed by atoms with van der Waals surface area (Å²) in [6.07, 6.45) is 3.63. The fraction of sp³-hybridized carbons (Fsp3) is 0.630. The molecule has 4 unspecified atom stereocenters. The van der Waals surface area contributed by atoms with Gasteiger partial charge in [-0.1, -0.05) is 36.8 Å². The Hall–Kier alpha value is -2.63. The number of benzene rings is 1. The molecule has 1 aliphatic carbocycles. The summed E-state index contributed by atoms with van der Waals surface area (Å²) in [5.74, 6) is -4.33. The average molecular weight is 581 g/mol. The van der Waals surface area contributed by atoms with Crippen molar-refractivity contribution in [3.63, 3.8) is 0 Å². The van der Waals surface area contributed by atoms with Gasteiger partial charge in [0.1, 0.15) is 17.9 Å². The molecular weight excluding hydrogens is 539 g/mol. The summed E-state index contributed by atoms with van der Waals surface area (Å²) in [5.41, 5.74) is 6.23. The molecule has 1 aliphatic heterocycles. The van der Waals surface area contributed by atoms with Gasteiger partial charge >= 0.3 is 19.5 Å². The molecular formula is C27H41N4O8P. The molecule has 1 saturated heterocycles. The lowest BCUT2D eigenvalue weighted by Gasteiger charge is -2.30. The molecule has 1 aromatic carbocycles. The van der Waals surface area contributed by atoms with Crippen molar-refractivity contribution in [2.75, 3.05) is 13.1 Å². The highest BCUT2D eigenvalue weighted by Crippen LogP contribution is 2.49. The van der Waals surface area contributed by atoms with Crippen LogP contribution >= 0.6 is 7.60 Å². The van der Waals surface area contributed by atoms with Crippen molar-refractivity contribution in [2.45, 2.75) is 88.7 Å². The van der Waals surface area contributed by atoms with Gasteiger partial charge in [0.15, 0.2) is 6.10 Å². The number of ether oxygens (including phenoxy) is 1. The smallest absolute Gasteiger partial charge is 0.351 e. The van der Waals surface area contributed by atoms with E-state index < -0.39 is 49.4 Å². The molecule has 6 N–H and O–H groups in total. The lowest BCUT2D eigenvalue weighted by Crippen LogP contribution is -2.52. The Morgan fingerprint density at radius 2 is 1.82 bits per heavy atom. The fourth-order valence-electron chi connectivity index (χ4n) is 4.55. The summed E-state index contributed by atoms with van der Waals surface area (Å²) < 4.78 is 23.6. The Morgan fingerprint density at radius 1 is 1.10 bits per heavy atom. The number of hydrogen-bond donors (Lipinski definition) is 5. The lowest BCUT2D eigenvalue weighted by atomic mass is 9.84. The number of carbonyl (C=O) groups is 4. The summed E-state index contributed by atoms with van der Waals surface area (Å²) in [5, 5.41) is 8.29. The molecule has 0 aromatic heterocycles. The van der Waals surface area contributed by atoms with E-state index in [-0.39, 0.29) is 18.2 Å². The minimum Gasteiger partial charge on any atom is -0.390 e. The standard InChI is InChI=1S/C27H41N4O8P/c1-18(26(34)38-27(35)22-14-8-16-29-22)39-40(36,37)23(17-19-9-3-2-4-10-19)31-25(33)21(13-5-6-15-28)30-24(32)20-11-7-12-20/h2-4,9-10,18,20-23,29H,5-8,11-17,28H2,1H3,(H,30,32)(H,31,33)(H,36,37)/t18?,21?,22-,23?/m0/s1. The van der Waals surface area contributed by atoms with Crippen LogP contribution in [0.25, 0.3) is 0 Å². The van der Waals surface area contributed by atoms with Crippen molar-refractivity contribution in [3.05, 3.63) is 35.9 Å². The number of carbonyl (C=O) groups excluding carboxylic acids is 4. The maximum Gasteiger partial charge on any atom is 0.351 e. The second-order valence-electron chi connectivity index (χ2n) is 10.4. The first-order valence-electron chi connectivity index (χ1n) is 13.9. The zero-order valence-electron chi connectivity index (χ0n) is 22.9. The number of rotatable bonds is 15. The summed E-state index contributed by atoms with van der Waals surface area (Å²) in [4.78, 5) is 61.7. The third-order valence-electron chi connectivity index (χ3n) is 7.22. The molecule has 0 radical (unpaired) electrons. The van der Waals surface area contributed by atoms with Crippen molar-refractivity contribution < 1.29 is 37.9 Å². The average Bonchev–Trinajstić information content (AvgIpc) is 3.42. The second-order valence-corrected chi connectivity index (χ2v) is 12.4. The summed E-state index contributed by atoms with van der Waals surface area (Å²) in [7, 11) is -4.71. The molecule has 1 saturated carbocycles. The maximum absolute atomic E-state index is 13.5.